The fourth-order valence-electron chi connectivity index (χ4n) is 2.80. The first-order chi connectivity index (χ1) is 9.52. The Morgan fingerprint density at radius 3 is 2.85 bits per heavy atom. The molecule has 3 nitrogen and oxygen atoms in total. The highest BCUT2D eigenvalue weighted by Crippen LogP contribution is 2.26. The van der Waals surface area contributed by atoms with E-state index in [1.165, 1.54) is 24.8 Å². The normalized spacial score (nSPS) is 20.4. The average Bonchev–Trinajstić information content (AvgIpc) is 2.83. The molecule has 1 N–H and O–H groups in total. The number of nitrogens with one attached hydrogen (secondary N) is 1. The van der Waals surface area contributed by atoms with Gasteiger partial charge < -0.3 is 9.73 Å². The molecule has 108 valence electrons. The van der Waals surface area contributed by atoms with Gasteiger partial charge in [-0.25, -0.2) is 4.98 Å². The minimum absolute atomic E-state index is 0.0376. The summed E-state index contributed by atoms with van der Waals surface area (Å²) < 4.78 is 5.85. The van der Waals surface area contributed by atoms with E-state index in [-0.39, 0.29) is 5.41 Å². The smallest absolute Gasteiger partial charge is 0.200 e. The standard InChI is InChI=1S/C17H24N2O/c1-17(2,3)16-19-14-11-12(7-8-15(14)20-16)10-13-6-4-5-9-18-13/h7-8,11,13,18H,4-6,9-10H2,1-3H3. The zero-order chi connectivity index (χ0) is 14.2. The van der Waals surface area contributed by atoms with Crippen LogP contribution in [0.1, 0.15) is 51.5 Å². The fourth-order valence-corrected chi connectivity index (χ4v) is 2.80. The van der Waals surface area contributed by atoms with Crippen molar-refractivity contribution in [2.75, 3.05) is 6.54 Å². The van der Waals surface area contributed by atoms with Crippen molar-refractivity contribution in [1.82, 2.24) is 10.3 Å². The lowest BCUT2D eigenvalue weighted by atomic mass is 9.97. The molecule has 2 aromatic rings. The van der Waals surface area contributed by atoms with Gasteiger partial charge in [-0.05, 0) is 43.5 Å². The van der Waals surface area contributed by atoms with Gasteiger partial charge in [0.05, 0.1) is 0 Å². The average molecular weight is 272 g/mol. The van der Waals surface area contributed by atoms with Gasteiger partial charge in [-0.15, -0.1) is 0 Å². The SMILES string of the molecule is CC(C)(C)c1nc2cc(CC3CCCCN3)ccc2o1. The first-order valence-corrected chi connectivity index (χ1v) is 7.66. The van der Waals surface area contributed by atoms with Crippen molar-refractivity contribution < 1.29 is 4.42 Å². The van der Waals surface area contributed by atoms with Crippen LogP contribution in [0.5, 0.6) is 0 Å². The molecule has 0 amide bonds. The fraction of sp³-hybridized carbons (Fsp3) is 0.588. The second-order valence-electron chi connectivity index (χ2n) is 6.92. The molecule has 20 heavy (non-hydrogen) atoms. The van der Waals surface area contributed by atoms with Gasteiger partial charge in [0.1, 0.15) is 5.52 Å². The van der Waals surface area contributed by atoms with Crippen LogP contribution in [0.25, 0.3) is 11.1 Å². The Bertz CT molecular complexity index is 589. The molecule has 1 aliphatic rings. The van der Waals surface area contributed by atoms with E-state index >= 15 is 0 Å². The van der Waals surface area contributed by atoms with Crippen molar-refractivity contribution in [3.63, 3.8) is 0 Å². The van der Waals surface area contributed by atoms with Crippen molar-refractivity contribution in [2.45, 2.75) is 57.9 Å². The molecule has 3 rings (SSSR count). The van der Waals surface area contributed by atoms with Crippen molar-refractivity contribution in [1.29, 1.82) is 0 Å². The molecule has 0 bridgehead atoms. The second-order valence-corrected chi connectivity index (χ2v) is 6.92. The van der Waals surface area contributed by atoms with Crippen molar-refractivity contribution in [3.05, 3.63) is 29.7 Å². The second kappa shape index (κ2) is 5.21. The van der Waals surface area contributed by atoms with Crippen molar-refractivity contribution >= 4 is 11.1 Å². The van der Waals surface area contributed by atoms with Gasteiger partial charge in [0.25, 0.3) is 0 Å². The third-order valence-electron chi connectivity index (χ3n) is 3.99. The van der Waals surface area contributed by atoms with Gasteiger partial charge in [-0.1, -0.05) is 33.3 Å². The molecule has 1 fully saturated rings. The number of benzene rings is 1. The molecular weight excluding hydrogens is 248 g/mol. The highest BCUT2D eigenvalue weighted by molar-refractivity contribution is 5.73. The van der Waals surface area contributed by atoms with E-state index in [1.807, 2.05) is 0 Å². The van der Waals surface area contributed by atoms with Gasteiger partial charge in [-0.3, -0.25) is 0 Å². The number of hydrogen-bond acceptors (Lipinski definition) is 3. The number of fused-ring (bicyclic) bond motifs is 1. The summed E-state index contributed by atoms with van der Waals surface area (Å²) in [7, 11) is 0. The Morgan fingerprint density at radius 2 is 2.15 bits per heavy atom. The number of aromatic nitrogens is 1. The number of rotatable bonds is 2. The van der Waals surface area contributed by atoms with Crippen LogP contribution < -0.4 is 5.32 Å². The van der Waals surface area contributed by atoms with Crippen molar-refractivity contribution in [2.24, 2.45) is 0 Å². The first kappa shape index (κ1) is 13.6. The van der Waals surface area contributed by atoms with E-state index in [0.29, 0.717) is 6.04 Å². The van der Waals surface area contributed by atoms with Crippen LogP contribution >= 0.6 is 0 Å². The predicted molar refractivity (Wildman–Crippen MR) is 82.1 cm³/mol. The maximum absolute atomic E-state index is 5.85. The Hall–Kier alpha value is -1.35. The summed E-state index contributed by atoms with van der Waals surface area (Å²) in [6.45, 7) is 7.55. The van der Waals surface area contributed by atoms with Crippen LogP contribution in [0.2, 0.25) is 0 Å². The summed E-state index contributed by atoms with van der Waals surface area (Å²) in [5, 5.41) is 3.60. The van der Waals surface area contributed by atoms with E-state index < -0.39 is 0 Å². The quantitative estimate of drug-likeness (QED) is 0.903. The minimum atomic E-state index is -0.0376. The third-order valence-corrected chi connectivity index (χ3v) is 3.99. The molecule has 3 heteroatoms. The molecule has 1 saturated heterocycles. The van der Waals surface area contributed by atoms with Gasteiger partial charge in [-0.2, -0.15) is 0 Å². The summed E-state index contributed by atoms with van der Waals surface area (Å²) >= 11 is 0. The summed E-state index contributed by atoms with van der Waals surface area (Å²) in [6, 6.07) is 7.05. The van der Waals surface area contributed by atoms with Crippen LogP contribution in [0.3, 0.4) is 0 Å². The molecule has 1 aliphatic heterocycles. The van der Waals surface area contributed by atoms with Gasteiger partial charge >= 0.3 is 0 Å². The minimum Gasteiger partial charge on any atom is -0.440 e. The molecular formula is C17H24N2O. The Balaban J connectivity index is 1.82. The zero-order valence-corrected chi connectivity index (χ0v) is 12.7. The molecule has 0 radical (unpaired) electrons. The molecule has 1 atom stereocenters. The van der Waals surface area contributed by atoms with Gasteiger partial charge in [0, 0.05) is 11.5 Å². The van der Waals surface area contributed by atoms with Gasteiger partial charge in [0.2, 0.25) is 5.89 Å². The lowest BCUT2D eigenvalue weighted by Gasteiger charge is -2.23. The van der Waals surface area contributed by atoms with Crippen LogP contribution in [-0.4, -0.2) is 17.6 Å². The summed E-state index contributed by atoms with van der Waals surface area (Å²) in [5.74, 6) is 0.820. The van der Waals surface area contributed by atoms with E-state index in [2.05, 4.69) is 49.3 Å². The van der Waals surface area contributed by atoms with E-state index in [9.17, 15) is 0 Å². The number of nitrogens with zero attached hydrogens (tertiary/aromatic N) is 1. The van der Waals surface area contributed by atoms with Crippen LogP contribution in [0, 0.1) is 0 Å². The number of piperidine rings is 1. The number of hydrogen-bond donors (Lipinski definition) is 1. The molecule has 1 aromatic carbocycles. The molecule has 1 aromatic heterocycles. The van der Waals surface area contributed by atoms with Crippen molar-refractivity contribution in [3.8, 4) is 0 Å². The van der Waals surface area contributed by atoms with Crippen LogP contribution in [0.4, 0.5) is 0 Å². The number of oxazole rings is 1. The first-order valence-electron chi connectivity index (χ1n) is 7.66. The van der Waals surface area contributed by atoms with E-state index in [0.717, 1.165) is 30.0 Å². The monoisotopic (exact) mass is 272 g/mol. The lowest BCUT2D eigenvalue weighted by molar-refractivity contribution is 0.399. The molecule has 1 unspecified atom stereocenters. The molecule has 2 heterocycles. The van der Waals surface area contributed by atoms with Crippen LogP contribution in [0.15, 0.2) is 22.6 Å². The summed E-state index contributed by atoms with van der Waals surface area (Å²) in [4.78, 5) is 4.65. The highest BCUT2D eigenvalue weighted by atomic mass is 16.3. The zero-order valence-electron chi connectivity index (χ0n) is 12.7. The Morgan fingerprint density at radius 1 is 1.30 bits per heavy atom. The van der Waals surface area contributed by atoms with E-state index in [4.69, 9.17) is 4.42 Å². The van der Waals surface area contributed by atoms with Crippen LogP contribution in [-0.2, 0) is 11.8 Å². The summed E-state index contributed by atoms with van der Waals surface area (Å²) in [5.41, 5.74) is 3.20. The van der Waals surface area contributed by atoms with E-state index in [1.54, 1.807) is 0 Å². The predicted octanol–water partition coefficient (Wildman–Crippen LogP) is 3.81. The maximum Gasteiger partial charge on any atom is 0.200 e. The Labute approximate surface area is 120 Å². The summed E-state index contributed by atoms with van der Waals surface area (Å²) in [6.07, 6.45) is 5.03. The lowest BCUT2D eigenvalue weighted by Crippen LogP contribution is -2.35. The Kier molecular flexibility index (Phi) is 3.55. The largest absolute Gasteiger partial charge is 0.440 e. The highest BCUT2D eigenvalue weighted by Gasteiger charge is 2.21. The maximum atomic E-state index is 5.85. The molecule has 0 saturated carbocycles. The topological polar surface area (TPSA) is 38.1 Å². The molecule has 0 spiro atoms. The van der Waals surface area contributed by atoms with Gasteiger partial charge in [0.15, 0.2) is 5.58 Å². The third kappa shape index (κ3) is 2.88. The molecule has 0 aliphatic carbocycles.